The molecule has 0 radical (unpaired) electrons. The van der Waals surface area contributed by atoms with E-state index in [-0.39, 0.29) is 10.8 Å². The highest BCUT2D eigenvalue weighted by Crippen LogP contribution is 2.63. The molecular weight excluding hydrogens is 384 g/mol. The van der Waals surface area contributed by atoms with Crippen molar-refractivity contribution in [1.29, 1.82) is 0 Å². The van der Waals surface area contributed by atoms with E-state index < -0.39 is 0 Å². The molecule has 0 fully saturated rings. The van der Waals surface area contributed by atoms with E-state index in [0.717, 1.165) is 0 Å². The van der Waals surface area contributed by atoms with Gasteiger partial charge in [0.2, 0.25) is 0 Å². The Hall–Kier alpha value is -1.82. The molecule has 6 aliphatic carbocycles. The molecule has 0 unspecified atom stereocenters. The second kappa shape index (κ2) is 6.40. The zero-order valence-electron chi connectivity index (χ0n) is 21.6. The van der Waals surface area contributed by atoms with Crippen LogP contribution in [0.25, 0.3) is 0 Å². The molecule has 0 aromatic rings. The lowest BCUT2D eigenvalue weighted by Gasteiger charge is -2.36. The normalized spacial score (nSPS) is 27.4. The van der Waals surface area contributed by atoms with Gasteiger partial charge in [-0.25, -0.2) is 0 Å². The van der Waals surface area contributed by atoms with Gasteiger partial charge >= 0.3 is 0 Å². The first-order valence-corrected chi connectivity index (χ1v) is 13.0. The molecule has 0 nitrogen and oxygen atoms in total. The van der Waals surface area contributed by atoms with Crippen LogP contribution in [0.4, 0.5) is 0 Å². The first kappa shape index (κ1) is 20.8. The summed E-state index contributed by atoms with van der Waals surface area (Å²) >= 11 is 0. The Labute approximate surface area is 195 Å². The van der Waals surface area contributed by atoms with Crippen molar-refractivity contribution in [2.45, 2.75) is 93.9 Å². The van der Waals surface area contributed by atoms with Crippen molar-refractivity contribution in [2.24, 2.45) is 22.7 Å². The Bertz CT molecular complexity index is 1090. The lowest BCUT2D eigenvalue weighted by Crippen LogP contribution is -2.22. The summed E-state index contributed by atoms with van der Waals surface area (Å²) < 4.78 is 0. The van der Waals surface area contributed by atoms with Crippen molar-refractivity contribution >= 4 is 0 Å². The maximum absolute atomic E-state index is 2.58. The molecule has 168 valence electrons. The SMILES string of the molecule is CC(C)C1=CC2=C(C1)C1=C(CC2(C)C)C2=C(C1)C1=C(C2)C2=C(C=C(C(C)C)C2)C(C)(C)C1. The molecule has 0 heteroatoms. The molecule has 0 aromatic carbocycles. The predicted octanol–water partition coefficient (Wildman–Crippen LogP) is 9.11. The van der Waals surface area contributed by atoms with Gasteiger partial charge in [0.1, 0.15) is 0 Å². The van der Waals surface area contributed by atoms with Crippen LogP contribution in [0.5, 0.6) is 0 Å². The summed E-state index contributed by atoms with van der Waals surface area (Å²) in [5, 5.41) is 0. The van der Waals surface area contributed by atoms with Gasteiger partial charge in [0.25, 0.3) is 0 Å². The second-order valence-corrected chi connectivity index (χ2v) is 13.2. The molecule has 0 saturated heterocycles. The summed E-state index contributed by atoms with van der Waals surface area (Å²) in [7, 11) is 0. The summed E-state index contributed by atoms with van der Waals surface area (Å²) in [6.07, 6.45) is 12.4. The van der Waals surface area contributed by atoms with Crippen LogP contribution in [-0.4, -0.2) is 0 Å². The summed E-state index contributed by atoms with van der Waals surface area (Å²) in [5.74, 6) is 1.32. The number of rotatable bonds is 2. The predicted molar refractivity (Wildman–Crippen MR) is 136 cm³/mol. The quantitative estimate of drug-likeness (QED) is 0.414. The monoisotopic (exact) mass is 424 g/mol. The fraction of sp³-hybridized carbons (Fsp3) is 0.562. The van der Waals surface area contributed by atoms with Crippen LogP contribution >= 0.6 is 0 Å². The maximum atomic E-state index is 2.58. The number of hydrogen-bond donors (Lipinski definition) is 0. The molecule has 0 spiro atoms. The molecule has 0 N–H and O–H groups in total. The molecule has 6 aliphatic rings. The topological polar surface area (TPSA) is 0 Å². The molecule has 32 heavy (non-hydrogen) atoms. The average Bonchev–Trinajstić information content (AvgIpc) is 3.42. The van der Waals surface area contributed by atoms with E-state index >= 15 is 0 Å². The minimum atomic E-state index is 0.264. The summed E-state index contributed by atoms with van der Waals surface area (Å²) in [6.45, 7) is 19.4. The summed E-state index contributed by atoms with van der Waals surface area (Å²) in [5.41, 5.74) is 21.0. The van der Waals surface area contributed by atoms with Gasteiger partial charge in [0.05, 0.1) is 0 Å². The number of fused-ring (bicyclic) bond motifs is 4. The van der Waals surface area contributed by atoms with E-state index in [1.54, 1.807) is 66.9 Å². The highest BCUT2D eigenvalue weighted by Gasteiger charge is 2.46. The van der Waals surface area contributed by atoms with Crippen molar-refractivity contribution < 1.29 is 0 Å². The molecule has 6 rings (SSSR count). The van der Waals surface area contributed by atoms with E-state index in [1.165, 1.54) is 38.5 Å². The van der Waals surface area contributed by atoms with E-state index in [2.05, 4.69) is 67.5 Å². The maximum Gasteiger partial charge on any atom is -0.00142 e. The van der Waals surface area contributed by atoms with Crippen LogP contribution in [0.3, 0.4) is 0 Å². The second-order valence-electron chi connectivity index (χ2n) is 13.2. The van der Waals surface area contributed by atoms with Gasteiger partial charge in [0, 0.05) is 0 Å². The minimum Gasteiger partial charge on any atom is -0.0629 e. The lowest BCUT2D eigenvalue weighted by atomic mass is 9.68. The van der Waals surface area contributed by atoms with Crippen molar-refractivity contribution in [3.05, 3.63) is 79.0 Å². The van der Waals surface area contributed by atoms with Crippen molar-refractivity contribution in [3.63, 3.8) is 0 Å². The van der Waals surface area contributed by atoms with Gasteiger partial charge in [-0.1, -0.05) is 78.7 Å². The molecule has 0 aliphatic heterocycles. The zero-order chi connectivity index (χ0) is 22.7. The van der Waals surface area contributed by atoms with Gasteiger partial charge in [-0.05, 0) is 117 Å². The largest absolute Gasteiger partial charge is 0.0629 e. The van der Waals surface area contributed by atoms with E-state index in [0.29, 0.717) is 11.8 Å². The highest BCUT2D eigenvalue weighted by atomic mass is 14.5. The minimum absolute atomic E-state index is 0.264. The smallest absolute Gasteiger partial charge is 0.00142 e. The molecule has 0 amide bonds. The van der Waals surface area contributed by atoms with Gasteiger partial charge in [-0.15, -0.1) is 0 Å². The average molecular weight is 425 g/mol. The molecule has 0 saturated carbocycles. The lowest BCUT2D eigenvalue weighted by molar-refractivity contribution is 0.441. The van der Waals surface area contributed by atoms with Crippen LogP contribution < -0.4 is 0 Å². The fourth-order valence-corrected chi connectivity index (χ4v) is 7.53. The Kier molecular flexibility index (Phi) is 4.15. The Balaban J connectivity index is 1.37. The van der Waals surface area contributed by atoms with Crippen molar-refractivity contribution in [3.8, 4) is 0 Å². The fourth-order valence-electron chi connectivity index (χ4n) is 7.53. The third-order valence-electron chi connectivity index (χ3n) is 9.51. The number of hydrogen-bond acceptors (Lipinski definition) is 0. The Morgan fingerprint density at radius 1 is 0.500 bits per heavy atom. The molecule has 0 atom stereocenters. The molecule has 0 heterocycles. The van der Waals surface area contributed by atoms with Crippen LogP contribution in [0, 0.1) is 22.7 Å². The highest BCUT2D eigenvalue weighted by molar-refractivity contribution is 5.74. The van der Waals surface area contributed by atoms with Crippen LogP contribution in [0.15, 0.2) is 79.0 Å². The Morgan fingerprint density at radius 2 is 0.844 bits per heavy atom. The summed E-state index contributed by atoms with van der Waals surface area (Å²) in [4.78, 5) is 0. The van der Waals surface area contributed by atoms with Crippen molar-refractivity contribution in [1.82, 2.24) is 0 Å². The van der Waals surface area contributed by atoms with E-state index in [4.69, 9.17) is 0 Å². The standard InChI is InChI=1S/C32H40/c1-17(2)19-9-25-23-13-21-22(27(23)15-31(5,6)29(25)11-19)14-24-26-10-20(18(3)4)12-30(26)32(7,8)16-28(21)24/h11-12,17-18H,9-10,13-16H2,1-8H3. The van der Waals surface area contributed by atoms with Crippen molar-refractivity contribution in [2.75, 3.05) is 0 Å². The van der Waals surface area contributed by atoms with Gasteiger partial charge in [-0.2, -0.15) is 0 Å². The van der Waals surface area contributed by atoms with E-state index in [9.17, 15) is 0 Å². The first-order valence-electron chi connectivity index (χ1n) is 13.0. The Morgan fingerprint density at radius 3 is 1.19 bits per heavy atom. The molecule has 0 aromatic heterocycles. The zero-order valence-corrected chi connectivity index (χ0v) is 21.6. The molecular formula is C32H40. The van der Waals surface area contributed by atoms with Crippen LogP contribution in [0.2, 0.25) is 0 Å². The third-order valence-corrected chi connectivity index (χ3v) is 9.51. The first-order chi connectivity index (χ1) is 15.0. The van der Waals surface area contributed by atoms with Gasteiger partial charge in [-0.3, -0.25) is 0 Å². The third kappa shape index (κ3) is 2.68. The summed E-state index contributed by atoms with van der Waals surface area (Å²) in [6, 6.07) is 0. The van der Waals surface area contributed by atoms with E-state index in [1.807, 2.05) is 0 Å². The van der Waals surface area contributed by atoms with Crippen LogP contribution in [0.1, 0.15) is 93.9 Å². The number of allylic oxidation sites excluding steroid dienone is 14. The van der Waals surface area contributed by atoms with Crippen LogP contribution in [-0.2, 0) is 0 Å². The van der Waals surface area contributed by atoms with Gasteiger partial charge in [0.15, 0.2) is 0 Å². The molecule has 0 bridgehead atoms. The van der Waals surface area contributed by atoms with Gasteiger partial charge < -0.3 is 0 Å².